The second-order valence-corrected chi connectivity index (χ2v) is 6.91. The first-order valence-corrected chi connectivity index (χ1v) is 9.42. The van der Waals surface area contributed by atoms with E-state index in [1.165, 1.54) is 0 Å². The van der Waals surface area contributed by atoms with Crippen molar-refractivity contribution in [2.45, 2.75) is 32.4 Å². The minimum atomic E-state index is -0.200. The number of carbonyl (C=O) groups excluding carboxylic acids is 1. The summed E-state index contributed by atoms with van der Waals surface area (Å²) in [5.41, 5.74) is 3.23. The molecule has 2 aliphatic rings. The Morgan fingerprint density at radius 1 is 1.37 bits per heavy atom. The van der Waals surface area contributed by atoms with E-state index in [2.05, 4.69) is 14.9 Å². The molecular formula is C19H25N5O3. The van der Waals surface area contributed by atoms with Gasteiger partial charge in [0.1, 0.15) is 5.82 Å². The van der Waals surface area contributed by atoms with Gasteiger partial charge in [-0.3, -0.25) is 4.90 Å². The van der Waals surface area contributed by atoms with E-state index < -0.39 is 0 Å². The molecule has 27 heavy (non-hydrogen) atoms. The number of aromatic amines is 1. The van der Waals surface area contributed by atoms with E-state index in [1.807, 2.05) is 24.0 Å². The monoisotopic (exact) mass is 371 g/mol. The number of hydrogen-bond donors (Lipinski definition) is 1. The van der Waals surface area contributed by atoms with E-state index in [0.29, 0.717) is 18.5 Å². The first kappa shape index (κ1) is 17.8. The van der Waals surface area contributed by atoms with Crippen LogP contribution >= 0.6 is 0 Å². The van der Waals surface area contributed by atoms with E-state index in [4.69, 9.17) is 14.5 Å². The summed E-state index contributed by atoms with van der Waals surface area (Å²) in [5, 5.41) is 0. The predicted octanol–water partition coefficient (Wildman–Crippen LogP) is 2.07. The molecule has 0 saturated carbocycles. The van der Waals surface area contributed by atoms with Gasteiger partial charge in [-0.05, 0) is 19.4 Å². The summed E-state index contributed by atoms with van der Waals surface area (Å²) in [6, 6.07) is 4.17. The van der Waals surface area contributed by atoms with Crippen LogP contribution in [0.2, 0.25) is 0 Å². The lowest BCUT2D eigenvalue weighted by Crippen LogP contribution is -2.41. The Bertz CT molecular complexity index is 804. The highest BCUT2D eigenvalue weighted by Crippen LogP contribution is 2.26. The summed E-state index contributed by atoms with van der Waals surface area (Å²) in [4.78, 5) is 28.7. The van der Waals surface area contributed by atoms with Crippen molar-refractivity contribution in [3.05, 3.63) is 29.7 Å². The van der Waals surface area contributed by atoms with Crippen LogP contribution in [0.1, 0.15) is 24.7 Å². The number of fused-ring (bicyclic) bond motifs is 1. The second-order valence-electron chi connectivity index (χ2n) is 6.91. The average Bonchev–Trinajstić information content (AvgIpc) is 3.35. The van der Waals surface area contributed by atoms with Gasteiger partial charge in [0.05, 0.1) is 25.1 Å². The molecule has 8 nitrogen and oxygen atoms in total. The normalized spacial score (nSPS) is 19.8. The molecule has 4 heterocycles. The maximum atomic E-state index is 11.9. The van der Waals surface area contributed by atoms with Crippen molar-refractivity contribution in [3.63, 3.8) is 0 Å². The van der Waals surface area contributed by atoms with Gasteiger partial charge in [-0.1, -0.05) is 0 Å². The fourth-order valence-electron chi connectivity index (χ4n) is 3.82. The number of carbonyl (C=O) groups is 1. The van der Waals surface area contributed by atoms with Gasteiger partial charge in [-0.15, -0.1) is 0 Å². The molecule has 1 saturated heterocycles. The van der Waals surface area contributed by atoms with Gasteiger partial charge < -0.3 is 19.4 Å². The van der Waals surface area contributed by atoms with Crippen LogP contribution in [0.25, 0.3) is 11.4 Å². The van der Waals surface area contributed by atoms with Crippen LogP contribution in [0.4, 0.5) is 4.79 Å². The lowest BCUT2D eigenvalue weighted by atomic mass is 10.1. The smallest absolute Gasteiger partial charge is 0.409 e. The van der Waals surface area contributed by atoms with Crippen LogP contribution in [-0.2, 0) is 17.7 Å². The highest BCUT2D eigenvalue weighted by Gasteiger charge is 2.33. The number of rotatable bonds is 4. The van der Waals surface area contributed by atoms with Crippen molar-refractivity contribution >= 4 is 6.09 Å². The number of nitrogens with zero attached hydrogens (tertiary/aromatic N) is 4. The maximum absolute atomic E-state index is 11.9. The van der Waals surface area contributed by atoms with Gasteiger partial charge in [-0.2, -0.15) is 0 Å². The Morgan fingerprint density at radius 3 is 3.00 bits per heavy atom. The number of amides is 1. The van der Waals surface area contributed by atoms with Crippen LogP contribution in [0.3, 0.4) is 0 Å². The van der Waals surface area contributed by atoms with Crippen molar-refractivity contribution in [2.75, 3.05) is 33.4 Å². The summed E-state index contributed by atoms with van der Waals surface area (Å²) in [5.74, 6) is 1.44. The van der Waals surface area contributed by atoms with E-state index in [9.17, 15) is 4.79 Å². The first-order valence-electron chi connectivity index (χ1n) is 9.42. The molecule has 0 bridgehead atoms. The SMILES string of the molecule is CCOC(=O)N1CCC(N2CCc3nc(-c4ccc(OC)nc4)[nH]c3C2)C1. The summed E-state index contributed by atoms with van der Waals surface area (Å²) >= 11 is 0. The topological polar surface area (TPSA) is 83.6 Å². The molecular weight excluding hydrogens is 346 g/mol. The third-order valence-electron chi connectivity index (χ3n) is 5.29. The zero-order chi connectivity index (χ0) is 18.8. The lowest BCUT2D eigenvalue weighted by molar-refractivity contribution is 0.109. The van der Waals surface area contributed by atoms with Crippen molar-refractivity contribution < 1.29 is 14.3 Å². The Labute approximate surface area is 158 Å². The third-order valence-corrected chi connectivity index (χ3v) is 5.29. The summed E-state index contributed by atoms with van der Waals surface area (Å²) < 4.78 is 10.2. The standard InChI is InChI=1S/C19H25N5O3/c1-3-27-19(25)24-8-6-14(11-24)23-9-7-15-16(12-23)22-18(21-15)13-4-5-17(26-2)20-10-13/h4-5,10,14H,3,6-9,11-12H2,1-2H3,(H,21,22). The van der Waals surface area contributed by atoms with E-state index >= 15 is 0 Å². The van der Waals surface area contributed by atoms with E-state index in [0.717, 1.165) is 61.8 Å². The van der Waals surface area contributed by atoms with Gasteiger partial charge >= 0.3 is 6.09 Å². The fourth-order valence-corrected chi connectivity index (χ4v) is 3.82. The first-order chi connectivity index (χ1) is 13.2. The Morgan fingerprint density at radius 2 is 2.26 bits per heavy atom. The molecule has 2 aliphatic heterocycles. The zero-order valence-electron chi connectivity index (χ0n) is 15.8. The molecule has 1 unspecified atom stereocenters. The molecule has 1 atom stereocenters. The number of imidazole rings is 1. The van der Waals surface area contributed by atoms with Gasteiger partial charge in [0.2, 0.25) is 5.88 Å². The van der Waals surface area contributed by atoms with Crippen molar-refractivity contribution in [1.82, 2.24) is 24.8 Å². The van der Waals surface area contributed by atoms with Gasteiger partial charge in [0.15, 0.2) is 0 Å². The number of aromatic nitrogens is 3. The van der Waals surface area contributed by atoms with E-state index in [1.54, 1.807) is 13.3 Å². The number of H-pyrrole nitrogens is 1. The molecule has 0 radical (unpaired) electrons. The molecule has 8 heteroatoms. The summed E-state index contributed by atoms with van der Waals surface area (Å²) in [6.07, 6.45) is 3.46. The predicted molar refractivity (Wildman–Crippen MR) is 99.5 cm³/mol. The number of methoxy groups -OCH3 is 1. The number of ether oxygens (including phenoxy) is 2. The van der Waals surface area contributed by atoms with Crippen molar-refractivity contribution in [1.29, 1.82) is 0 Å². The molecule has 2 aromatic rings. The van der Waals surface area contributed by atoms with Gasteiger partial charge in [0.25, 0.3) is 0 Å². The fraction of sp³-hybridized carbons (Fsp3) is 0.526. The largest absolute Gasteiger partial charge is 0.481 e. The van der Waals surface area contributed by atoms with Crippen LogP contribution < -0.4 is 4.74 Å². The van der Waals surface area contributed by atoms with Crippen LogP contribution in [0.15, 0.2) is 18.3 Å². The maximum Gasteiger partial charge on any atom is 0.409 e. The highest BCUT2D eigenvalue weighted by molar-refractivity contribution is 5.68. The molecule has 2 aromatic heterocycles. The molecule has 1 amide bonds. The number of hydrogen-bond acceptors (Lipinski definition) is 6. The Balaban J connectivity index is 1.43. The lowest BCUT2D eigenvalue weighted by Gasteiger charge is -2.31. The van der Waals surface area contributed by atoms with E-state index in [-0.39, 0.29) is 6.09 Å². The summed E-state index contributed by atoms with van der Waals surface area (Å²) in [6.45, 7) is 5.54. The molecule has 0 aromatic carbocycles. The van der Waals surface area contributed by atoms with Gasteiger partial charge in [-0.25, -0.2) is 14.8 Å². The van der Waals surface area contributed by atoms with Crippen LogP contribution in [0, 0.1) is 0 Å². The molecule has 144 valence electrons. The third kappa shape index (κ3) is 3.62. The number of likely N-dealkylation sites (tertiary alicyclic amines) is 1. The summed E-state index contributed by atoms with van der Waals surface area (Å²) in [7, 11) is 1.61. The Hall–Kier alpha value is -2.61. The zero-order valence-corrected chi connectivity index (χ0v) is 15.8. The number of pyridine rings is 1. The highest BCUT2D eigenvalue weighted by atomic mass is 16.6. The molecule has 1 N–H and O–H groups in total. The van der Waals surface area contributed by atoms with Crippen LogP contribution in [-0.4, -0.2) is 70.2 Å². The van der Waals surface area contributed by atoms with Gasteiger partial charge in [0, 0.05) is 56.5 Å². The molecule has 0 spiro atoms. The Kier molecular flexibility index (Phi) is 4.98. The minimum Gasteiger partial charge on any atom is -0.481 e. The second kappa shape index (κ2) is 7.56. The molecule has 4 rings (SSSR count). The molecule has 1 fully saturated rings. The van der Waals surface area contributed by atoms with Crippen molar-refractivity contribution in [2.24, 2.45) is 0 Å². The molecule has 0 aliphatic carbocycles. The van der Waals surface area contributed by atoms with Crippen LogP contribution in [0.5, 0.6) is 5.88 Å². The minimum absolute atomic E-state index is 0.200. The van der Waals surface area contributed by atoms with Crippen molar-refractivity contribution in [3.8, 4) is 17.3 Å². The number of nitrogens with one attached hydrogen (secondary N) is 1. The average molecular weight is 371 g/mol. The quantitative estimate of drug-likeness (QED) is 0.886.